The van der Waals surface area contributed by atoms with Crippen LogP contribution in [0.3, 0.4) is 0 Å². The molecular weight excluding hydrogens is 292 g/mol. The summed E-state index contributed by atoms with van der Waals surface area (Å²) < 4.78 is 0. The van der Waals surface area contributed by atoms with Crippen molar-refractivity contribution in [2.75, 3.05) is 13.6 Å². The Hall–Kier alpha value is -1.88. The SMILES string of the molecule is CN1[C@@H](CC(=O)O)CC[C@H]1CNC(=O)C1Cc2ccccc2C1. The molecule has 23 heavy (non-hydrogen) atoms. The summed E-state index contributed by atoms with van der Waals surface area (Å²) in [4.78, 5) is 25.4. The number of carbonyl (C=O) groups excluding carboxylic acids is 1. The molecule has 0 spiro atoms. The molecule has 2 N–H and O–H groups in total. The highest BCUT2D eigenvalue weighted by Crippen LogP contribution is 2.27. The minimum absolute atomic E-state index is 0.0360. The summed E-state index contributed by atoms with van der Waals surface area (Å²) in [5, 5.41) is 12.0. The Morgan fingerprint density at radius 2 is 1.78 bits per heavy atom. The minimum atomic E-state index is -0.754. The van der Waals surface area contributed by atoms with Gasteiger partial charge in [-0.2, -0.15) is 0 Å². The number of amides is 1. The molecule has 1 aliphatic heterocycles. The first-order valence-corrected chi connectivity index (χ1v) is 8.33. The lowest BCUT2D eigenvalue weighted by atomic mass is 10.1. The van der Waals surface area contributed by atoms with E-state index in [0.717, 1.165) is 25.7 Å². The normalized spacial score (nSPS) is 24.6. The largest absolute Gasteiger partial charge is 0.481 e. The third kappa shape index (κ3) is 3.55. The Kier molecular flexibility index (Phi) is 4.66. The van der Waals surface area contributed by atoms with Crippen LogP contribution in [0.5, 0.6) is 0 Å². The number of benzene rings is 1. The first-order chi connectivity index (χ1) is 11.0. The summed E-state index contributed by atoms with van der Waals surface area (Å²) in [6.45, 7) is 0.609. The third-order valence-corrected chi connectivity index (χ3v) is 5.33. The van der Waals surface area contributed by atoms with Crippen molar-refractivity contribution < 1.29 is 14.7 Å². The van der Waals surface area contributed by atoms with E-state index >= 15 is 0 Å². The van der Waals surface area contributed by atoms with Crippen LogP contribution in [0, 0.1) is 5.92 Å². The van der Waals surface area contributed by atoms with Gasteiger partial charge in [0.2, 0.25) is 5.91 Å². The highest BCUT2D eigenvalue weighted by Gasteiger charge is 2.33. The van der Waals surface area contributed by atoms with Crippen LogP contribution in [0.4, 0.5) is 0 Å². The number of likely N-dealkylation sites (N-methyl/N-ethyl adjacent to an activating group) is 1. The van der Waals surface area contributed by atoms with Gasteiger partial charge in [-0.1, -0.05) is 24.3 Å². The number of likely N-dealkylation sites (tertiary alicyclic amines) is 1. The fraction of sp³-hybridized carbons (Fsp3) is 0.556. The van der Waals surface area contributed by atoms with Gasteiger partial charge in [-0.25, -0.2) is 0 Å². The van der Waals surface area contributed by atoms with Crippen molar-refractivity contribution in [2.24, 2.45) is 5.92 Å². The summed E-state index contributed by atoms with van der Waals surface area (Å²) in [6, 6.07) is 8.58. The van der Waals surface area contributed by atoms with E-state index in [1.54, 1.807) is 0 Å². The van der Waals surface area contributed by atoms with Gasteiger partial charge in [-0.15, -0.1) is 0 Å². The smallest absolute Gasteiger partial charge is 0.304 e. The molecule has 1 aromatic rings. The molecule has 0 radical (unpaired) electrons. The van der Waals surface area contributed by atoms with Crippen LogP contribution in [0.1, 0.15) is 30.4 Å². The monoisotopic (exact) mass is 316 g/mol. The fourth-order valence-corrected chi connectivity index (χ4v) is 3.89. The molecule has 1 fully saturated rings. The van der Waals surface area contributed by atoms with Crippen molar-refractivity contribution in [1.82, 2.24) is 10.2 Å². The Bertz CT molecular complexity index is 577. The molecule has 0 saturated carbocycles. The Balaban J connectivity index is 1.48. The number of nitrogens with one attached hydrogen (secondary N) is 1. The van der Waals surface area contributed by atoms with E-state index in [9.17, 15) is 9.59 Å². The van der Waals surface area contributed by atoms with E-state index in [-0.39, 0.29) is 30.3 Å². The van der Waals surface area contributed by atoms with Gasteiger partial charge in [0.05, 0.1) is 6.42 Å². The second-order valence-electron chi connectivity index (χ2n) is 6.77. The first kappa shape index (κ1) is 16.0. The average molecular weight is 316 g/mol. The molecule has 5 heteroatoms. The second kappa shape index (κ2) is 6.71. The lowest BCUT2D eigenvalue weighted by Gasteiger charge is -2.25. The van der Waals surface area contributed by atoms with Gasteiger partial charge in [-0.3, -0.25) is 14.5 Å². The maximum absolute atomic E-state index is 12.4. The predicted octanol–water partition coefficient (Wildman–Crippen LogP) is 1.46. The molecular formula is C18H24N2O3. The zero-order valence-corrected chi connectivity index (χ0v) is 13.5. The van der Waals surface area contributed by atoms with Crippen molar-refractivity contribution in [1.29, 1.82) is 0 Å². The van der Waals surface area contributed by atoms with Crippen LogP contribution in [0.25, 0.3) is 0 Å². The molecule has 1 aliphatic carbocycles. The zero-order valence-electron chi connectivity index (χ0n) is 13.5. The van der Waals surface area contributed by atoms with Gasteiger partial charge in [0.15, 0.2) is 0 Å². The highest BCUT2D eigenvalue weighted by atomic mass is 16.4. The van der Waals surface area contributed by atoms with Crippen LogP contribution >= 0.6 is 0 Å². The van der Waals surface area contributed by atoms with Crippen LogP contribution in [0.15, 0.2) is 24.3 Å². The van der Waals surface area contributed by atoms with Gasteiger partial charge < -0.3 is 10.4 Å². The van der Waals surface area contributed by atoms with Gasteiger partial charge in [0, 0.05) is 24.5 Å². The summed E-state index contributed by atoms with van der Waals surface area (Å²) in [5.41, 5.74) is 2.57. The van der Waals surface area contributed by atoms with E-state index in [0.29, 0.717) is 6.54 Å². The van der Waals surface area contributed by atoms with E-state index in [4.69, 9.17) is 5.11 Å². The predicted molar refractivity (Wildman–Crippen MR) is 87.2 cm³/mol. The summed E-state index contributed by atoms with van der Waals surface area (Å²) in [7, 11) is 1.96. The summed E-state index contributed by atoms with van der Waals surface area (Å²) in [6.07, 6.45) is 3.66. The maximum Gasteiger partial charge on any atom is 0.304 e. The summed E-state index contributed by atoms with van der Waals surface area (Å²) >= 11 is 0. The minimum Gasteiger partial charge on any atom is -0.481 e. The highest BCUT2D eigenvalue weighted by molar-refractivity contribution is 5.80. The Morgan fingerprint density at radius 1 is 1.17 bits per heavy atom. The number of carboxylic acid groups (broad SMARTS) is 1. The van der Waals surface area contributed by atoms with Gasteiger partial charge in [0.25, 0.3) is 0 Å². The van der Waals surface area contributed by atoms with Gasteiger partial charge in [-0.05, 0) is 43.9 Å². The average Bonchev–Trinajstić information content (AvgIpc) is 3.09. The number of hydrogen-bond acceptors (Lipinski definition) is 3. The molecule has 1 amide bonds. The van der Waals surface area contributed by atoms with Crippen LogP contribution < -0.4 is 5.32 Å². The van der Waals surface area contributed by atoms with Crippen LogP contribution in [-0.4, -0.2) is 47.6 Å². The molecule has 124 valence electrons. The molecule has 1 heterocycles. The van der Waals surface area contributed by atoms with Crippen LogP contribution in [0.2, 0.25) is 0 Å². The topological polar surface area (TPSA) is 69.6 Å². The number of carboxylic acids is 1. The van der Waals surface area contributed by atoms with Crippen LogP contribution in [-0.2, 0) is 22.4 Å². The van der Waals surface area contributed by atoms with Gasteiger partial charge >= 0.3 is 5.97 Å². The van der Waals surface area contributed by atoms with Crippen molar-refractivity contribution in [2.45, 2.75) is 44.2 Å². The van der Waals surface area contributed by atoms with Crippen molar-refractivity contribution >= 4 is 11.9 Å². The third-order valence-electron chi connectivity index (χ3n) is 5.33. The standard InChI is InChI=1S/C18H24N2O3/c1-20-15(10-17(21)22)6-7-16(20)11-19-18(23)14-8-12-4-2-3-5-13(12)9-14/h2-5,14-16H,6-11H2,1H3,(H,19,23)(H,21,22)/t15-,16+/m1/s1. The van der Waals surface area contributed by atoms with E-state index in [1.165, 1.54) is 11.1 Å². The quantitative estimate of drug-likeness (QED) is 0.863. The molecule has 1 aromatic carbocycles. The molecule has 3 rings (SSSR count). The molecule has 0 aromatic heterocycles. The zero-order chi connectivity index (χ0) is 16.4. The Labute approximate surface area is 136 Å². The number of carbonyl (C=O) groups is 2. The van der Waals surface area contributed by atoms with Crippen molar-refractivity contribution in [3.63, 3.8) is 0 Å². The first-order valence-electron chi connectivity index (χ1n) is 8.33. The molecule has 0 bridgehead atoms. The lowest BCUT2D eigenvalue weighted by molar-refractivity contribution is -0.138. The number of rotatable bonds is 5. The maximum atomic E-state index is 12.4. The van der Waals surface area contributed by atoms with Crippen molar-refractivity contribution in [3.05, 3.63) is 35.4 Å². The molecule has 2 aliphatic rings. The molecule has 1 saturated heterocycles. The number of hydrogen-bond donors (Lipinski definition) is 2. The van der Waals surface area contributed by atoms with E-state index < -0.39 is 5.97 Å². The van der Waals surface area contributed by atoms with E-state index in [1.807, 2.05) is 19.2 Å². The molecule has 0 unspecified atom stereocenters. The molecule has 2 atom stereocenters. The fourth-order valence-electron chi connectivity index (χ4n) is 3.89. The Morgan fingerprint density at radius 3 is 2.39 bits per heavy atom. The number of fused-ring (bicyclic) bond motifs is 1. The second-order valence-corrected chi connectivity index (χ2v) is 6.77. The van der Waals surface area contributed by atoms with Crippen molar-refractivity contribution in [3.8, 4) is 0 Å². The summed E-state index contributed by atoms with van der Waals surface area (Å²) in [5.74, 6) is -0.597. The number of aliphatic carboxylic acids is 1. The van der Waals surface area contributed by atoms with E-state index in [2.05, 4.69) is 22.3 Å². The number of nitrogens with zero attached hydrogens (tertiary/aromatic N) is 1. The lowest BCUT2D eigenvalue weighted by Crippen LogP contribution is -2.43. The van der Waals surface area contributed by atoms with Gasteiger partial charge in [0.1, 0.15) is 0 Å². The molecule has 5 nitrogen and oxygen atoms in total.